The summed E-state index contributed by atoms with van der Waals surface area (Å²) in [5.41, 5.74) is 1.57. The van der Waals surface area contributed by atoms with Gasteiger partial charge in [0.05, 0.1) is 24.1 Å². The Kier molecular flexibility index (Phi) is 3.54. The maximum atomic E-state index is 12.0. The number of nitrogens with zero attached hydrogens (tertiary/aromatic N) is 2. The predicted molar refractivity (Wildman–Crippen MR) is 79.9 cm³/mol. The van der Waals surface area contributed by atoms with Gasteiger partial charge in [0.25, 0.3) is 0 Å². The van der Waals surface area contributed by atoms with Crippen LogP contribution in [-0.2, 0) is 9.53 Å². The van der Waals surface area contributed by atoms with Crippen LogP contribution in [-0.4, -0.2) is 48.7 Å². The van der Waals surface area contributed by atoms with Crippen molar-refractivity contribution in [3.63, 3.8) is 0 Å². The highest BCUT2D eigenvalue weighted by atomic mass is 32.2. The average molecular weight is 308 g/mol. The van der Waals surface area contributed by atoms with E-state index in [9.17, 15) is 9.59 Å². The quantitative estimate of drug-likeness (QED) is 0.896. The topological polar surface area (TPSA) is 70.1 Å². The van der Waals surface area contributed by atoms with Gasteiger partial charge in [0.2, 0.25) is 5.91 Å². The molecule has 2 aliphatic heterocycles. The van der Waals surface area contributed by atoms with E-state index in [1.165, 1.54) is 16.7 Å². The number of aliphatic hydroxyl groups is 1. The molecule has 0 saturated carbocycles. The van der Waals surface area contributed by atoms with Crippen molar-refractivity contribution in [1.82, 2.24) is 0 Å². The first-order chi connectivity index (χ1) is 10.0. The SMILES string of the molecule is CC1Sc2cc(N3C[C@H](CO)OC3=O)ccc2N(C)C1=O. The van der Waals surface area contributed by atoms with Crippen molar-refractivity contribution >= 4 is 35.1 Å². The smallest absolute Gasteiger partial charge is 0.414 e. The molecule has 1 fully saturated rings. The molecule has 2 atom stereocenters. The van der Waals surface area contributed by atoms with Gasteiger partial charge in [-0.25, -0.2) is 4.79 Å². The second-order valence-corrected chi connectivity index (χ2v) is 6.49. The molecule has 7 heteroatoms. The summed E-state index contributed by atoms with van der Waals surface area (Å²) >= 11 is 1.49. The fraction of sp³-hybridized carbons (Fsp3) is 0.429. The number of hydrogen-bond acceptors (Lipinski definition) is 5. The van der Waals surface area contributed by atoms with E-state index in [1.807, 2.05) is 19.1 Å². The lowest BCUT2D eigenvalue weighted by atomic mass is 10.2. The van der Waals surface area contributed by atoms with E-state index >= 15 is 0 Å². The van der Waals surface area contributed by atoms with Crippen molar-refractivity contribution in [3.8, 4) is 0 Å². The van der Waals surface area contributed by atoms with Crippen molar-refractivity contribution in [1.29, 1.82) is 0 Å². The van der Waals surface area contributed by atoms with Crippen molar-refractivity contribution in [2.45, 2.75) is 23.2 Å². The Bertz CT molecular complexity index is 607. The Balaban J connectivity index is 1.92. The van der Waals surface area contributed by atoms with Crippen molar-refractivity contribution < 1.29 is 19.4 Å². The molecule has 2 amide bonds. The zero-order chi connectivity index (χ0) is 15.1. The van der Waals surface area contributed by atoms with E-state index in [2.05, 4.69) is 0 Å². The summed E-state index contributed by atoms with van der Waals surface area (Å²) in [6, 6.07) is 5.52. The van der Waals surface area contributed by atoms with Gasteiger partial charge in [0, 0.05) is 17.6 Å². The summed E-state index contributed by atoms with van der Waals surface area (Å²) in [6.45, 7) is 2.02. The van der Waals surface area contributed by atoms with Gasteiger partial charge in [-0.3, -0.25) is 9.69 Å². The average Bonchev–Trinajstić information content (AvgIpc) is 2.85. The number of hydrogen-bond donors (Lipinski definition) is 1. The van der Waals surface area contributed by atoms with Crippen molar-refractivity contribution in [2.24, 2.45) is 0 Å². The van der Waals surface area contributed by atoms with Crippen LogP contribution in [0.5, 0.6) is 0 Å². The number of rotatable bonds is 2. The zero-order valence-electron chi connectivity index (χ0n) is 11.8. The van der Waals surface area contributed by atoms with Gasteiger partial charge in [-0.1, -0.05) is 0 Å². The molecule has 0 spiro atoms. The van der Waals surface area contributed by atoms with E-state index in [0.29, 0.717) is 6.54 Å². The third-order valence-electron chi connectivity index (χ3n) is 3.68. The molecule has 21 heavy (non-hydrogen) atoms. The summed E-state index contributed by atoms with van der Waals surface area (Å²) < 4.78 is 5.05. The van der Waals surface area contributed by atoms with E-state index in [4.69, 9.17) is 9.84 Å². The minimum Gasteiger partial charge on any atom is -0.441 e. The molecular weight excluding hydrogens is 292 g/mol. The van der Waals surface area contributed by atoms with Gasteiger partial charge >= 0.3 is 6.09 Å². The molecule has 1 N–H and O–H groups in total. The number of carbonyl (C=O) groups is 2. The van der Waals surface area contributed by atoms with Gasteiger partial charge in [-0.15, -0.1) is 11.8 Å². The number of benzene rings is 1. The first kappa shape index (κ1) is 14.2. The number of ether oxygens (including phenoxy) is 1. The van der Waals surface area contributed by atoms with Crippen molar-refractivity contribution in [2.75, 3.05) is 30.0 Å². The molecule has 2 heterocycles. The normalized spacial score (nSPS) is 25.1. The van der Waals surface area contributed by atoms with Gasteiger partial charge in [0.15, 0.2) is 0 Å². The van der Waals surface area contributed by atoms with E-state index in [-0.39, 0.29) is 17.8 Å². The molecule has 112 valence electrons. The van der Waals surface area contributed by atoms with Crippen LogP contribution in [0.15, 0.2) is 23.1 Å². The third kappa shape index (κ3) is 2.36. The fourth-order valence-corrected chi connectivity index (χ4v) is 3.66. The number of fused-ring (bicyclic) bond motifs is 1. The second kappa shape index (κ2) is 5.23. The molecule has 1 unspecified atom stereocenters. The van der Waals surface area contributed by atoms with E-state index in [1.54, 1.807) is 18.0 Å². The highest BCUT2D eigenvalue weighted by Crippen LogP contribution is 2.40. The lowest BCUT2D eigenvalue weighted by Crippen LogP contribution is -2.36. The zero-order valence-corrected chi connectivity index (χ0v) is 12.6. The molecule has 2 aliphatic rings. The Morgan fingerprint density at radius 2 is 2.19 bits per heavy atom. The molecule has 0 radical (unpaired) electrons. The van der Waals surface area contributed by atoms with Gasteiger partial charge in [0.1, 0.15) is 6.10 Å². The number of cyclic esters (lactones) is 1. The van der Waals surface area contributed by atoms with Gasteiger partial charge < -0.3 is 14.7 Å². The summed E-state index contributed by atoms with van der Waals surface area (Å²) in [4.78, 5) is 27.9. The predicted octanol–water partition coefficient (Wildman–Crippen LogP) is 1.46. The van der Waals surface area contributed by atoms with E-state index < -0.39 is 12.2 Å². The number of carbonyl (C=O) groups excluding carboxylic acids is 2. The van der Waals surface area contributed by atoms with Crippen LogP contribution < -0.4 is 9.80 Å². The molecule has 1 aromatic rings. The molecule has 1 saturated heterocycles. The van der Waals surface area contributed by atoms with Gasteiger partial charge in [-0.05, 0) is 25.1 Å². The van der Waals surface area contributed by atoms with Crippen LogP contribution in [0, 0.1) is 0 Å². The minimum atomic E-state index is -0.482. The third-order valence-corrected chi connectivity index (χ3v) is 4.81. The van der Waals surface area contributed by atoms with Gasteiger partial charge in [-0.2, -0.15) is 0 Å². The molecule has 3 rings (SSSR count). The summed E-state index contributed by atoms with van der Waals surface area (Å²) in [6.07, 6.45) is -0.934. The number of anilines is 2. The first-order valence-electron chi connectivity index (χ1n) is 6.68. The standard InChI is InChI=1S/C14H16N2O4S/c1-8-13(18)15(2)11-4-3-9(5-12(11)21-8)16-6-10(7-17)20-14(16)19/h3-5,8,10,17H,6-7H2,1-2H3/t8?,10-/m1/s1. The van der Waals surface area contributed by atoms with E-state index in [0.717, 1.165) is 16.3 Å². The van der Waals surface area contributed by atoms with Crippen LogP contribution >= 0.6 is 11.8 Å². The summed E-state index contributed by atoms with van der Waals surface area (Å²) in [5, 5.41) is 8.94. The van der Waals surface area contributed by atoms with Crippen LogP contribution in [0.25, 0.3) is 0 Å². The fourth-order valence-electron chi connectivity index (χ4n) is 2.50. The number of amides is 2. The van der Waals surface area contributed by atoms with Crippen LogP contribution in [0.4, 0.5) is 16.2 Å². The highest BCUT2D eigenvalue weighted by molar-refractivity contribution is 8.01. The summed E-state index contributed by atoms with van der Waals surface area (Å²) in [5.74, 6) is 0.0705. The number of aliphatic hydroxyl groups excluding tert-OH is 1. The Morgan fingerprint density at radius 3 is 2.86 bits per heavy atom. The maximum Gasteiger partial charge on any atom is 0.414 e. The first-order valence-corrected chi connectivity index (χ1v) is 7.56. The lowest BCUT2D eigenvalue weighted by Gasteiger charge is -2.30. The Morgan fingerprint density at radius 1 is 1.43 bits per heavy atom. The van der Waals surface area contributed by atoms with Crippen LogP contribution in [0.1, 0.15) is 6.92 Å². The number of thioether (sulfide) groups is 1. The van der Waals surface area contributed by atoms with Crippen LogP contribution in [0.2, 0.25) is 0 Å². The Labute approximate surface area is 126 Å². The lowest BCUT2D eigenvalue weighted by molar-refractivity contribution is -0.117. The highest BCUT2D eigenvalue weighted by Gasteiger charge is 2.33. The molecular formula is C14H16N2O4S. The summed E-state index contributed by atoms with van der Waals surface area (Å²) in [7, 11) is 1.75. The minimum absolute atomic E-state index is 0.0705. The molecule has 1 aromatic carbocycles. The largest absolute Gasteiger partial charge is 0.441 e. The van der Waals surface area contributed by atoms with Crippen LogP contribution in [0.3, 0.4) is 0 Å². The Hall–Kier alpha value is -1.73. The maximum absolute atomic E-state index is 12.0. The monoisotopic (exact) mass is 308 g/mol. The molecule has 0 aliphatic carbocycles. The molecule has 0 bridgehead atoms. The van der Waals surface area contributed by atoms with Crippen molar-refractivity contribution in [3.05, 3.63) is 18.2 Å². The molecule has 6 nitrogen and oxygen atoms in total. The molecule has 0 aromatic heterocycles. The second-order valence-electron chi connectivity index (χ2n) is 5.11.